The minimum absolute atomic E-state index is 0.0735. The van der Waals surface area contributed by atoms with Crippen LogP contribution in [0.3, 0.4) is 0 Å². The lowest BCUT2D eigenvalue weighted by Crippen LogP contribution is -2.18. The van der Waals surface area contributed by atoms with Crippen molar-refractivity contribution in [3.63, 3.8) is 0 Å². The maximum Gasteiger partial charge on any atom is 0.259 e. The Morgan fingerprint density at radius 3 is 2.22 bits per heavy atom. The van der Waals surface area contributed by atoms with Gasteiger partial charge in [0, 0.05) is 50.0 Å². The first-order valence-electron chi connectivity index (χ1n) is 8.83. The summed E-state index contributed by atoms with van der Waals surface area (Å²) in [7, 11) is 8.92. The van der Waals surface area contributed by atoms with Crippen molar-refractivity contribution in [2.45, 2.75) is 13.3 Å². The van der Waals surface area contributed by atoms with Crippen LogP contribution in [0.25, 0.3) is 21.9 Å². The molecule has 0 bridgehead atoms. The fourth-order valence-corrected chi connectivity index (χ4v) is 3.31. The highest BCUT2D eigenvalue weighted by molar-refractivity contribution is 5.97. The minimum atomic E-state index is -0.0735. The van der Waals surface area contributed by atoms with Gasteiger partial charge in [0.05, 0.1) is 19.6 Å². The molecular formula is C21H25N3O3. The summed E-state index contributed by atoms with van der Waals surface area (Å²) in [6, 6.07) is 5.94. The number of methoxy groups -OCH3 is 2. The Labute approximate surface area is 159 Å². The fraction of sp³-hybridized carbons (Fsp3) is 0.333. The fourth-order valence-electron chi connectivity index (χ4n) is 3.31. The van der Waals surface area contributed by atoms with Crippen molar-refractivity contribution >= 4 is 16.6 Å². The van der Waals surface area contributed by atoms with Gasteiger partial charge in [-0.25, -0.2) is 4.98 Å². The van der Waals surface area contributed by atoms with Gasteiger partial charge in [-0.3, -0.25) is 4.79 Å². The second-order valence-electron chi connectivity index (χ2n) is 6.65. The number of nitrogens with zero attached hydrogens (tertiary/aromatic N) is 3. The molecule has 3 aromatic rings. The number of hydrogen-bond acceptors (Lipinski definition) is 5. The van der Waals surface area contributed by atoms with Crippen LogP contribution in [0.5, 0.6) is 11.5 Å². The molecule has 3 rings (SSSR count). The summed E-state index contributed by atoms with van der Waals surface area (Å²) in [5.41, 5.74) is 2.80. The van der Waals surface area contributed by atoms with Crippen LogP contribution in [-0.2, 0) is 13.5 Å². The summed E-state index contributed by atoms with van der Waals surface area (Å²) in [5.74, 6) is 2.34. The summed E-state index contributed by atoms with van der Waals surface area (Å²) in [6.07, 6.45) is 4.30. The molecule has 0 saturated carbocycles. The average Bonchev–Trinajstić information content (AvgIpc) is 2.68. The molecule has 27 heavy (non-hydrogen) atoms. The Balaban J connectivity index is 2.38. The largest absolute Gasteiger partial charge is 0.496 e. The van der Waals surface area contributed by atoms with Crippen LogP contribution in [0.2, 0.25) is 0 Å². The van der Waals surface area contributed by atoms with E-state index in [1.165, 1.54) is 0 Å². The third-order valence-electron chi connectivity index (χ3n) is 4.78. The molecule has 2 heterocycles. The predicted octanol–water partition coefficient (Wildman–Crippen LogP) is 3.25. The molecule has 0 spiro atoms. The van der Waals surface area contributed by atoms with Gasteiger partial charge in [0.25, 0.3) is 5.56 Å². The van der Waals surface area contributed by atoms with E-state index in [-0.39, 0.29) is 5.56 Å². The minimum Gasteiger partial charge on any atom is -0.496 e. The monoisotopic (exact) mass is 367 g/mol. The van der Waals surface area contributed by atoms with Crippen molar-refractivity contribution < 1.29 is 9.47 Å². The number of anilines is 1. The van der Waals surface area contributed by atoms with E-state index in [0.29, 0.717) is 5.39 Å². The van der Waals surface area contributed by atoms with Crippen LogP contribution in [0.4, 0.5) is 5.82 Å². The Hall–Kier alpha value is -3.02. The molecule has 0 N–H and O–H groups in total. The summed E-state index contributed by atoms with van der Waals surface area (Å²) in [4.78, 5) is 18.9. The van der Waals surface area contributed by atoms with Crippen LogP contribution in [-0.4, -0.2) is 37.9 Å². The molecule has 6 nitrogen and oxygen atoms in total. The number of hydrogen-bond donors (Lipinski definition) is 0. The Kier molecular flexibility index (Phi) is 5.08. The van der Waals surface area contributed by atoms with E-state index in [1.54, 1.807) is 32.0 Å². The summed E-state index contributed by atoms with van der Waals surface area (Å²) in [6.45, 7) is 2.07. The highest BCUT2D eigenvalue weighted by atomic mass is 16.5. The van der Waals surface area contributed by atoms with Crippen molar-refractivity contribution in [2.75, 3.05) is 33.2 Å². The number of fused-ring (bicyclic) bond motifs is 1. The topological polar surface area (TPSA) is 56.6 Å². The number of aryl methyl sites for hydroxylation is 1. The van der Waals surface area contributed by atoms with Crippen molar-refractivity contribution in [1.82, 2.24) is 9.55 Å². The Morgan fingerprint density at radius 2 is 1.70 bits per heavy atom. The quantitative estimate of drug-likeness (QED) is 0.693. The number of pyridine rings is 2. The van der Waals surface area contributed by atoms with Crippen LogP contribution >= 0.6 is 0 Å². The summed E-state index contributed by atoms with van der Waals surface area (Å²) < 4.78 is 12.8. The maximum atomic E-state index is 12.6. The average molecular weight is 367 g/mol. The van der Waals surface area contributed by atoms with Gasteiger partial charge in [-0.05, 0) is 30.2 Å². The van der Waals surface area contributed by atoms with Gasteiger partial charge in [-0.2, -0.15) is 0 Å². The first-order valence-corrected chi connectivity index (χ1v) is 8.83. The van der Waals surface area contributed by atoms with Crippen molar-refractivity contribution in [3.8, 4) is 22.6 Å². The molecule has 142 valence electrons. The van der Waals surface area contributed by atoms with Crippen LogP contribution < -0.4 is 19.9 Å². The lowest BCUT2D eigenvalue weighted by molar-refractivity contribution is 0.386. The zero-order chi connectivity index (χ0) is 19.7. The standard InChI is InChI=1S/C21H25N3O3/c1-7-14-18(26-5)8-13(9-19(14)27-6)17-12-24(4)21(25)16-11-22-20(23(2)3)10-15(16)17/h8-12H,7H2,1-6H3. The normalized spacial score (nSPS) is 10.9. The van der Waals surface area contributed by atoms with Gasteiger partial charge in [-0.15, -0.1) is 0 Å². The van der Waals surface area contributed by atoms with E-state index in [1.807, 2.05) is 43.4 Å². The van der Waals surface area contributed by atoms with E-state index in [9.17, 15) is 4.79 Å². The van der Waals surface area contributed by atoms with Crippen LogP contribution in [0, 0.1) is 0 Å². The maximum absolute atomic E-state index is 12.6. The molecule has 0 saturated heterocycles. The van der Waals surface area contributed by atoms with Gasteiger partial charge < -0.3 is 18.9 Å². The van der Waals surface area contributed by atoms with Gasteiger partial charge in [0.15, 0.2) is 0 Å². The van der Waals surface area contributed by atoms with E-state index in [2.05, 4.69) is 11.9 Å². The molecule has 0 amide bonds. The number of benzene rings is 1. The van der Waals surface area contributed by atoms with E-state index < -0.39 is 0 Å². The van der Waals surface area contributed by atoms with Gasteiger partial charge >= 0.3 is 0 Å². The smallest absolute Gasteiger partial charge is 0.259 e. The second-order valence-corrected chi connectivity index (χ2v) is 6.65. The highest BCUT2D eigenvalue weighted by Crippen LogP contribution is 2.37. The van der Waals surface area contributed by atoms with Crippen molar-refractivity contribution in [2.24, 2.45) is 7.05 Å². The molecule has 0 aliphatic carbocycles. The predicted molar refractivity (Wildman–Crippen MR) is 109 cm³/mol. The Bertz CT molecular complexity index is 1030. The van der Waals surface area contributed by atoms with Crippen molar-refractivity contribution in [3.05, 3.63) is 46.5 Å². The Morgan fingerprint density at radius 1 is 1.07 bits per heavy atom. The first kappa shape index (κ1) is 18.8. The van der Waals surface area contributed by atoms with Gasteiger partial charge in [-0.1, -0.05) is 6.92 Å². The van der Waals surface area contributed by atoms with Gasteiger partial charge in [0.1, 0.15) is 17.3 Å². The summed E-state index contributed by atoms with van der Waals surface area (Å²) >= 11 is 0. The van der Waals surface area contributed by atoms with E-state index in [4.69, 9.17) is 9.47 Å². The molecule has 0 atom stereocenters. The molecule has 2 aromatic heterocycles. The van der Waals surface area contributed by atoms with E-state index >= 15 is 0 Å². The molecule has 0 aliphatic heterocycles. The second kappa shape index (κ2) is 7.31. The molecule has 6 heteroatoms. The van der Waals surface area contributed by atoms with E-state index in [0.717, 1.165) is 45.8 Å². The SMILES string of the molecule is CCc1c(OC)cc(-c2cn(C)c(=O)c3cnc(N(C)C)cc23)cc1OC. The lowest BCUT2D eigenvalue weighted by Gasteiger charge is -2.17. The molecule has 0 aliphatic rings. The van der Waals surface area contributed by atoms with Crippen molar-refractivity contribution in [1.29, 1.82) is 0 Å². The van der Waals surface area contributed by atoms with Crippen LogP contribution in [0.1, 0.15) is 12.5 Å². The third-order valence-corrected chi connectivity index (χ3v) is 4.78. The number of aromatic nitrogens is 2. The zero-order valence-electron chi connectivity index (χ0n) is 16.7. The molecular weight excluding hydrogens is 342 g/mol. The molecule has 0 fully saturated rings. The third kappa shape index (κ3) is 3.23. The number of ether oxygens (including phenoxy) is 2. The van der Waals surface area contributed by atoms with Gasteiger partial charge in [0.2, 0.25) is 0 Å². The molecule has 1 aromatic carbocycles. The first-order chi connectivity index (χ1) is 12.9. The molecule has 0 unspecified atom stereocenters. The summed E-state index contributed by atoms with van der Waals surface area (Å²) in [5, 5.41) is 1.43. The van der Waals surface area contributed by atoms with Crippen LogP contribution in [0.15, 0.2) is 35.4 Å². The number of rotatable bonds is 5. The zero-order valence-corrected chi connectivity index (χ0v) is 16.7. The molecule has 0 radical (unpaired) electrons. The lowest BCUT2D eigenvalue weighted by atomic mass is 9.98. The highest BCUT2D eigenvalue weighted by Gasteiger charge is 2.16.